The van der Waals surface area contributed by atoms with E-state index >= 15 is 0 Å². The fourth-order valence-electron chi connectivity index (χ4n) is 2.56. The first-order valence-electron chi connectivity index (χ1n) is 7.57. The van der Waals surface area contributed by atoms with E-state index in [2.05, 4.69) is 17.1 Å². The van der Waals surface area contributed by atoms with Crippen molar-refractivity contribution in [1.82, 2.24) is 4.98 Å². The molecule has 1 heterocycles. The third kappa shape index (κ3) is 3.86. The molecule has 0 aliphatic heterocycles. The molecule has 0 amide bonds. The summed E-state index contributed by atoms with van der Waals surface area (Å²) < 4.78 is 10.4. The van der Waals surface area contributed by atoms with Gasteiger partial charge in [-0.1, -0.05) is 30.3 Å². The Kier molecular flexibility index (Phi) is 4.86. The van der Waals surface area contributed by atoms with Crippen LogP contribution in [0.25, 0.3) is 10.9 Å². The highest BCUT2D eigenvalue weighted by atomic mass is 16.7. The van der Waals surface area contributed by atoms with Crippen molar-refractivity contribution in [1.29, 1.82) is 0 Å². The van der Waals surface area contributed by atoms with Gasteiger partial charge in [-0.3, -0.25) is 4.98 Å². The molecule has 0 aliphatic rings. The third-order valence-corrected chi connectivity index (χ3v) is 3.73. The molecule has 0 radical (unpaired) electrons. The summed E-state index contributed by atoms with van der Waals surface area (Å²) in [5, 5.41) is 1.13. The molecule has 1 unspecified atom stereocenters. The zero-order valence-corrected chi connectivity index (χ0v) is 13.1. The van der Waals surface area contributed by atoms with E-state index in [4.69, 9.17) is 15.2 Å². The molecule has 4 nitrogen and oxygen atoms in total. The first-order chi connectivity index (χ1) is 11.3. The van der Waals surface area contributed by atoms with Gasteiger partial charge in [0.25, 0.3) is 0 Å². The number of pyridine rings is 1. The second-order valence-electron chi connectivity index (χ2n) is 5.47. The van der Waals surface area contributed by atoms with Crippen molar-refractivity contribution in [2.45, 2.75) is 12.5 Å². The molecule has 0 saturated heterocycles. The van der Waals surface area contributed by atoms with Crippen LogP contribution in [0.4, 0.5) is 0 Å². The summed E-state index contributed by atoms with van der Waals surface area (Å²) in [4.78, 5) is 4.49. The first kappa shape index (κ1) is 15.5. The van der Waals surface area contributed by atoms with E-state index in [0.717, 1.165) is 34.2 Å². The molecular weight excluding hydrogens is 288 g/mol. The van der Waals surface area contributed by atoms with Crippen LogP contribution in [0.1, 0.15) is 17.2 Å². The van der Waals surface area contributed by atoms with Crippen LogP contribution in [0.3, 0.4) is 0 Å². The third-order valence-electron chi connectivity index (χ3n) is 3.73. The fraction of sp³-hybridized carbons (Fsp3) is 0.211. The first-order valence-corrected chi connectivity index (χ1v) is 7.57. The highest BCUT2D eigenvalue weighted by molar-refractivity contribution is 5.78. The molecule has 1 aromatic heterocycles. The van der Waals surface area contributed by atoms with Gasteiger partial charge in [0.1, 0.15) is 5.75 Å². The number of hydrogen-bond donors (Lipinski definition) is 1. The van der Waals surface area contributed by atoms with E-state index in [1.165, 1.54) is 0 Å². The number of hydrogen-bond acceptors (Lipinski definition) is 4. The van der Waals surface area contributed by atoms with Gasteiger partial charge in [0.05, 0.1) is 5.52 Å². The van der Waals surface area contributed by atoms with E-state index in [0.29, 0.717) is 0 Å². The van der Waals surface area contributed by atoms with Crippen LogP contribution in [-0.2, 0) is 11.2 Å². The molecule has 1 atom stereocenters. The van der Waals surface area contributed by atoms with Crippen LogP contribution in [0.5, 0.6) is 5.75 Å². The Morgan fingerprint density at radius 1 is 1.09 bits per heavy atom. The molecule has 3 aromatic rings. The van der Waals surface area contributed by atoms with E-state index in [1.54, 1.807) is 7.11 Å². The van der Waals surface area contributed by atoms with Crippen LogP contribution in [0.2, 0.25) is 0 Å². The molecule has 0 spiro atoms. The summed E-state index contributed by atoms with van der Waals surface area (Å²) in [6.45, 7) is 0.229. The van der Waals surface area contributed by atoms with Crippen LogP contribution < -0.4 is 10.5 Å². The van der Waals surface area contributed by atoms with Gasteiger partial charge < -0.3 is 15.2 Å². The SMILES string of the molecule is COCOc1cccc(C(N)Cc2cnc3ccccc3c2)c1. The predicted octanol–water partition coefficient (Wildman–Crippen LogP) is 3.46. The quantitative estimate of drug-likeness (QED) is 0.709. The number of aromatic nitrogens is 1. The second-order valence-corrected chi connectivity index (χ2v) is 5.47. The van der Waals surface area contributed by atoms with Crippen molar-refractivity contribution >= 4 is 10.9 Å². The van der Waals surface area contributed by atoms with Crippen LogP contribution >= 0.6 is 0 Å². The number of nitrogens with zero attached hydrogens (tertiary/aromatic N) is 1. The number of rotatable bonds is 6. The topological polar surface area (TPSA) is 57.4 Å². The minimum atomic E-state index is -0.107. The van der Waals surface area contributed by atoms with Crippen molar-refractivity contribution in [3.05, 3.63) is 71.9 Å². The van der Waals surface area contributed by atoms with Crippen LogP contribution in [0, 0.1) is 0 Å². The van der Waals surface area contributed by atoms with Gasteiger partial charge in [0.15, 0.2) is 6.79 Å². The second kappa shape index (κ2) is 7.22. The number of benzene rings is 2. The molecule has 2 N–H and O–H groups in total. The summed E-state index contributed by atoms with van der Waals surface area (Å²) in [5.74, 6) is 0.761. The Hall–Kier alpha value is -2.43. The van der Waals surface area contributed by atoms with Gasteiger partial charge >= 0.3 is 0 Å². The number of ether oxygens (including phenoxy) is 2. The maximum absolute atomic E-state index is 6.35. The fourth-order valence-corrected chi connectivity index (χ4v) is 2.56. The Morgan fingerprint density at radius 3 is 2.83 bits per heavy atom. The zero-order valence-electron chi connectivity index (χ0n) is 13.1. The molecule has 0 aliphatic carbocycles. The molecule has 23 heavy (non-hydrogen) atoms. The van der Waals surface area contributed by atoms with Crippen LogP contribution in [-0.4, -0.2) is 18.9 Å². The van der Waals surface area contributed by atoms with Crippen LogP contribution in [0.15, 0.2) is 60.8 Å². The van der Waals surface area contributed by atoms with Crippen molar-refractivity contribution in [2.24, 2.45) is 5.73 Å². The lowest BCUT2D eigenvalue weighted by Gasteiger charge is -2.14. The largest absolute Gasteiger partial charge is 0.468 e. The molecule has 118 valence electrons. The van der Waals surface area contributed by atoms with E-state index < -0.39 is 0 Å². The van der Waals surface area contributed by atoms with E-state index in [9.17, 15) is 0 Å². The standard InChI is InChI=1S/C19H20N2O2/c1-22-13-23-17-7-4-6-15(11-17)18(20)10-14-9-16-5-2-3-8-19(16)21-12-14/h2-9,11-12,18H,10,13,20H2,1H3. The Labute approximate surface area is 135 Å². The molecule has 3 rings (SSSR count). The number of methoxy groups -OCH3 is 1. The van der Waals surface area contributed by atoms with Crippen molar-refractivity contribution in [2.75, 3.05) is 13.9 Å². The molecular formula is C19H20N2O2. The Morgan fingerprint density at radius 2 is 1.96 bits per heavy atom. The minimum absolute atomic E-state index is 0.107. The Balaban J connectivity index is 1.75. The van der Waals surface area contributed by atoms with Crippen molar-refractivity contribution in [3.8, 4) is 5.75 Å². The highest BCUT2D eigenvalue weighted by Gasteiger charge is 2.09. The summed E-state index contributed by atoms with van der Waals surface area (Å²) in [6, 6.07) is 17.9. The highest BCUT2D eigenvalue weighted by Crippen LogP contribution is 2.22. The summed E-state index contributed by atoms with van der Waals surface area (Å²) >= 11 is 0. The molecule has 0 fully saturated rings. The van der Waals surface area contributed by atoms with Gasteiger partial charge in [0.2, 0.25) is 0 Å². The number of nitrogens with two attached hydrogens (primary N) is 1. The van der Waals surface area contributed by atoms with E-state index in [1.807, 2.05) is 48.7 Å². The van der Waals surface area contributed by atoms with Crippen molar-refractivity contribution < 1.29 is 9.47 Å². The maximum Gasteiger partial charge on any atom is 0.188 e. The average Bonchev–Trinajstić information content (AvgIpc) is 2.60. The smallest absolute Gasteiger partial charge is 0.188 e. The molecule has 0 bridgehead atoms. The monoisotopic (exact) mass is 308 g/mol. The molecule has 4 heteroatoms. The average molecular weight is 308 g/mol. The van der Waals surface area contributed by atoms with Gasteiger partial charge in [0, 0.05) is 24.7 Å². The number of para-hydroxylation sites is 1. The van der Waals surface area contributed by atoms with Gasteiger partial charge in [-0.25, -0.2) is 0 Å². The minimum Gasteiger partial charge on any atom is -0.468 e. The normalized spacial score (nSPS) is 12.3. The zero-order chi connectivity index (χ0) is 16.1. The van der Waals surface area contributed by atoms with Gasteiger partial charge in [-0.15, -0.1) is 0 Å². The maximum atomic E-state index is 6.35. The lowest BCUT2D eigenvalue weighted by molar-refractivity contribution is 0.0510. The Bertz CT molecular complexity index is 789. The van der Waals surface area contributed by atoms with Gasteiger partial charge in [-0.2, -0.15) is 0 Å². The molecule has 2 aromatic carbocycles. The van der Waals surface area contributed by atoms with Gasteiger partial charge in [-0.05, 0) is 41.8 Å². The lowest BCUT2D eigenvalue weighted by Crippen LogP contribution is -2.13. The summed E-state index contributed by atoms with van der Waals surface area (Å²) in [6.07, 6.45) is 2.62. The summed E-state index contributed by atoms with van der Waals surface area (Å²) in [7, 11) is 1.60. The van der Waals surface area contributed by atoms with Crippen molar-refractivity contribution in [3.63, 3.8) is 0 Å². The van der Waals surface area contributed by atoms with E-state index in [-0.39, 0.29) is 12.8 Å². The lowest BCUT2D eigenvalue weighted by atomic mass is 9.99. The predicted molar refractivity (Wildman–Crippen MR) is 91.3 cm³/mol. The summed E-state index contributed by atoms with van der Waals surface area (Å²) in [5.41, 5.74) is 9.51. The molecule has 0 saturated carbocycles. The number of fused-ring (bicyclic) bond motifs is 1.